The van der Waals surface area contributed by atoms with Gasteiger partial charge >= 0.3 is 0 Å². The van der Waals surface area contributed by atoms with E-state index < -0.39 is 0 Å². The number of hydrogen-bond acceptors (Lipinski definition) is 1. The van der Waals surface area contributed by atoms with Crippen LogP contribution in [-0.4, -0.2) is 11.2 Å². The molecule has 0 radical (unpaired) electrons. The summed E-state index contributed by atoms with van der Waals surface area (Å²) in [5.74, 6) is 2.91. The molecule has 0 amide bonds. The first-order chi connectivity index (χ1) is 9.46. The number of unbranched alkanes of at least 4 members (excludes halogenated alkanes) is 2. The van der Waals surface area contributed by atoms with Gasteiger partial charge in [0.25, 0.3) is 0 Å². The zero-order valence-electron chi connectivity index (χ0n) is 14.2. The Balaban J connectivity index is 2.03. The van der Waals surface area contributed by atoms with Crippen LogP contribution in [0.25, 0.3) is 0 Å². The molecule has 6 unspecified atom stereocenters. The maximum atomic E-state index is 10.5. The lowest BCUT2D eigenvalue weighted by atomic mass is 9.79. The fourth-order valence-electron chi connectivity index (χ4n) is 4.89. The highest BCUT2D eigenvalue weighted by Crippen LogP contribution is 2.73. The van der Waals surface area contributed by atoms with Crippen molar-refractivity contribution in [3.05, 3.63) is 11.6 Å². The molecular weight excluding hydrogens is 244 g/mol. The molecule has 0 aromatic heterocycles. The van der Waals surface area contributed by atoms with E-state index in [0.717, 1.165) is 24.2 Å². The quantitative estimate of drug-likeness (QED) is 0.502. The zero-order chi connectivity index (χ0) is 14.9. The molecule has 2 rings (SSSR count). The lowest BCUT2D eigenvalue weighted by Gasteiger charge is -2.28. The Bertz CT molecular complexity index is 359. The highest BCUT2D eigenvalue weighted by Gasteiger charge is 2.70. The van der Waals surface area contributed by atoms with Crippen LogP contribution in [0.2, 0.25) is 0 Å². The van der Waals surface area contributed by atoms with Crippen LogP contribution in [0.4, 0.5) is 0 Å². The van der Waals surface area contributed by atoms with Gasteiger partial charge in [0.2, 0.25) is 0 Å². The van der Waals surface area contributed by atoms with Crippen molar-refractivity contribution in [3.63, 3.8) is 0 Å². The highest BCUT2D eigenvalue weighted by molar-refractivity contribution is 5.26. The van der Waals surface area contributed by atoms with E-state index in [9.17, 15) is 5.11 Å². The summed E-state index contributed by atoms with van der Waals surface area (Å²) in [7, 11) is 0. The van der Waals surface area contributed by atoms with Crippen molar-refractivity contribution in [2.24, 2.45) is 29.1 Å². The smallest absolute Gasteiger partial charge is 0.0613 e. The second-order valence-electron chi connectivity index (χ2n) is 7.70. The van der Waals surface area contributed by atoms with Crippen LogP contribution >= 0.6 is 0 Å². The molecule has 0 spiro atoms. The lowest BCUT2D eigenvalue weighted by molar-refractivity contribution is 0.101. The van der Waals surface area contributed by atoms with Crippen LogP contribution in [0.5, 0.6) is 0 Å². The average Bonchev–Trinajstić information content (AvgIpc) is 2.81. The summed E-state index contributed by atoms with van der Waals surface area (Å²) in [6, 6.07) is 0. The van der Waals surface area contributed by atoms with Crippen LogP contribution in [0.1, 0.15) is 73.1 Å². The lowest BCUT2D eigenvalue weighted by Crippen LogP contribution is -2.26. The van der Waals surface area contributed by atoms with E-state index in [-0.39, 0.29) is 6.10 Å². The predicted octanol–water partition coefficient (Wildman–Crippen LogP) is 5.19. The van der Waals surface area contributed by atoms with Gasteiger partial charge < -0.3 is 5.11 Å². The number of fused-ring (bicyclic) bond motifs is 1. The van der Waals surface area contributed by atoms with E-state index in [1.54, 1.807) is 0 Å². The van der Waals surface area contributed by atoms with Gasteiger partial charge in [0.15, 0.2) is 0 Å². The molecule has 2 fully saturated rings. The van der Waals surface area contributed by atoms with Crippen LogP contribution in [0.3, 0.4) is 0 Å². The second kappa shape index (κ2) is 6.22. The third-order valence-corrected chi connectivity index (χ3v) is 6.39. The van der Waals surface area contributed by atoms with Gasteiger partial charge in [-0.25, -0.2) is 0 Å². The Morgan fingerprint density at radius 1 is 1.40 bits per heavy atom. The Hall–Kier alpha value is -0.300. The molecule has 0 heterocycles. The van der Waals surface area contributed by atoms with E-state index in [1.165, 1.54) is 37.7 Å². The van der Waals surface area contributed by atoms with Crippen molar-refractivity contribution < 1.29 is 5.11 Å². The van der Waals surface area contributed by atoms with Gasteiger partial charge in [0.1, 0.15) is 0 Å². The van der Waals surface area contributed by atoms with E-state index in [2.05, 4.69) is 40.7 Å². The zero-order valence-corrected chi connectivity index (χ0v) is 14.2. The minimum absolute atomic E-state index is 0.0870. The number of aliphatic hydroxyl groups excluding tert-OH is 1. The Labute approximate surface area is 125 Å². The van der Waals surface area contributed by atoms with Crippen molar-refractivity contribution >= 4 is 0 Å². The summed E-state index contributed by atoms with van der Waals surface area (Å²) < 4.78 is 0. The monoisotopic (exact) mass is 278 g/mol. The van der Waals surface area contributed by atoms with Gasteiger partial charge in [-0.15, -0.1) is 0 Å². The fourth-order valence-corrected chi connectivity index (χ4v) is 4.89. The molecule has 0 saturated heterocycles. The summed E-state index contributed by atoms with van der Waals surface area (Å²) in [5.41, 5.74) is 1.86. The summed E-state index contributed by atoms with van der Waals surface area (Å²) >= 11 is 0. The fraction of sp³-hybridized carbons (Fsp3) is 0.895. The molecule has 1 heteroatoms. The normalized spacial score (nSPS) is 41.6. The molecule has 1 nitrogen and oxygen atoms in total. The summed E-state index contributed by atoms with van der Waals surface area (Å²) in [6.45, 7) is 11.6. The van der Waals surface area contributed by atoms with E-state index in [1.807, 2.05) is 0 Å². The van der Waals surface area contributed by atoms with Crippen LogP contribution in [0, 0.1) is 29.1 Å². The van der Waals surface area contributed by atoms with Crippen LogP contribution < -0.4 is 0 Å². The Morgan fingerprint density at radius 2 is 2.10 bits per heavy atom. The number of allylic oxidation sites excluding steroid dienone is 1. The summed E-state index contributed by atoms with van der Waals surface area (Å²) in [4.78, 5) is 0. The molecule has 20 heavy (non-hydrogen) atoms. The maximum Gasteiger partial charge on any atom is 0.0613 e. The Morgan fingerprint density at radius 3 is 2.70 bits per heavy atom. The van der Waals surface area contributed by atoms with Gasteiger partial charge in [0.05, 0.1) is 6.10 Å². The van der Waals surface area contributed by atoms with Crippen molar-refractivity contribution in [2.75, 3.05) is 0 Å². The molecule has 2 aliphatic rings. The van der Waals surface area contributed by atoms with Crippen molar-refractivity contribution in [1.82, 2.24) is 0 Å². The van der Waals surface area contributed by atoms with E-state index in [0.29, 0.717) is 11.3 Å². The van der Waals surface area contributed by atoms with E-state index >= 15 is 0 Å². The molecule has 0 aromatic carbocycles. The van der Waals surface area contributed by atoms with Gasteiger partial charge in [-0.3, -0.25) is 0 Å². The van der Waals surface area contributed by atoms with Crippen LogP contribution in [0.15, 0.2) is 11.6 Å². The molecule has 2 aliphatic carbocycles. The molecule has 2 saturated carbocycles. The van der Waals surface area contributed by atoms with Gasteiger partial charge in [0, 0.05) is 5.92 Å². The number of aliphatic hydroxyl groups is 1. The minimum atomic E-state index is -0.0870. The van der Waals surface area contributed by atoms with Crippen molar-refractivity contribution in [2.45, 2.75) is 79.2 Å². The largest absolute Gasteiger partial charge is 0.392 e. The second-order valence-corrected chi connectivity index (χ2v) is 7.70. The first-order valence-corrected chi connectivity index (χ1v) is 8.81. The molecule has 116 valence electrons. The molecule has 0 aliphatic heterocycles. The first kappa shape index (κ1) is 16.1. The molecule has 1 N–H and O–H groups in total. The van der Waals surface area contributed by atoms with Crippen LogP contribution in [-0.2, 0) is 0 Å². The van der Waals surface area contributed by atoms with Gasteiger partial charge in [-0.1, -0.05) is 58.6 Å². The van der Waals surface area contributed by atoms with E-state index in [4.69, 9.17) is 0 Å². The Kier molecular flexibility index (Phi) is 5.00. The average molecular weight is 278 g/mol. The number of hydrogen-bond donors (Lipinski definition) is 1. The molecule has 0 aromatic rings. The molecule has 6 atom stereocenters. The topological polar surface area (TPSA) is 20.2 Å². The minimum Gasteiger partial charge on any atom is -0.392 e. The summed E-state index contributed by atoms with van der Waals surface area (Å²) in [5, 5.41) is 10.5. The van der Waals surface area contributed by atoms with Gasteiger partial charge in [-0.2, -0.15) is 0 Å². The number of rotatable bonds is 7. The predicted molar refractivity (Wildman–Crippen MR) is 86.6 cm³/mol. The van der Waals surface area contributed by atoms with Crippen molar-refractivity contribution in [1.29, 1.82) is 0 Å². The van der Waals surface area contributed by atoms with Crippen molar-refractivity contribution in [3.8, 4) is 0 Å². The maximum absolute atomic E-state index is 10.5. The molecule has 0 bridgehead atoms. The third kappa shape index (κ3) is 2.71. The van der Waals surface area contributed by atoms with Gasteiger partial charge in [-0.05, 0) is 49.4 Å². The molecular formula is C19H34O. The SMILES string of the molecule is CCCCC=C(C)C1C(O)CC2C(CC(C)CC)C21C. The highest BCUT2D eigenvalue weighted by atomic mass is 16.3. The standard InChI is InChI=1S/C19H34O/c1-6-8-9-10-14(4)18-17(20)12-16-15(19(16,18)5)11-13(3)7-2/h10,13,15-18,20H,6-9,11-12H2,1-5H3. The summed E-state index contributed by atoms with van der Waals surface area (Å²) in [6.07, 6.45) is 9.73. The third-order valence-electron chi connectivity index (χ3n) is 6.39. The first-order valence-electron chi connectivity index (χ1n) is 8.81.